The largest absolute Gasteiger partial charge is 0.458 e. The van der Waals surface area contributed by atoms with E-state index in [9.17, 15) is 32.1 Å². The number of halogens is 3. The van der Waals surface area contributed by atoms with Crippen LogP contribution in [0.3, 0.4) is 0 Å². The van der Waals surface area contributed by atoms with Gasteiger partial charge >= 0.3 is 18.2 Å². The molecule has 0 bridgehead atoms. The van der Waals surface area contributed by atoms with Gasteiger partial charge in [0.2, 0.25) is 0 Å². The molecule has 200 valence electrons. The number of ether oxygens (including phenoxy) is 2. The molecule has 0 aromatic heterocycles. The summed E-state index contributed by atoms with van der Waals surface area (Å²) in [5.41, 5.74) is -5.50. The van der Waals surface area contributed by atoms with Crippen LogP contribution in [0.4, 0.5) is 18.0 Å². The van der Waals surface area contributed by atoms with Gasteiger partial charge in [-0.1, -0.05) is 30.3 Å². The van der Waals surface area contributed by atoms with Crippen LogP contribution in [0.25, 0.3) is 0 Å². The molecule has 0 aliphatic heterocycles. The Balaban J connectivity index is 3.00. The fourth-order valence-corrected chi connectivity index (χ4v) is 4.40. The van der Waals surface area contributed by atoms with Gasteiger partial charge in [-0.3, -0.25) is 4.78 Å². The maximum Gasteiger partial charge on any atom is 0.421 e. The standard InChI is InChI=1S/C23H35F3N2O6S/c1-20(2,3)33-18(29)17(28-19(30)34-21(4,5)6)12-14-35(27,32)15-13-22(31,23(24,25)26)16-10-8-7-9-11-16/h7-11,17,27,31H,12-15H2,1-6H3,(H,28,30)/t17-,22-,35+/m0/s1. The molecule has 3 atom stereocenters. The normalized spacial score (nSPS) is 17.0. The lowest BCUT2D eigenvalue weighted by Gasteiger charge is -2.31. The summed E-state index contributed by atoms with van der Waals surface area (Å²) in [5, 5.41) is 12.7. The minimum absolute atomic E-state index is 0.341. The number of amides is 1. The van der Waals surface area contributed by atoms with Crippen LogP contribution in [-0.2, 0) is 29.6 Å². The fraction of sp³-hybridized carbons (Fsp3) is 0.652. The summed E-state index contributed by atoms with van der Waals surface area (Å²) in [6, 6.07) is 5.01. The van der Waals surface area contributed by atoms with Crippen molar-refractivity contribution in [3.63, 3.8) is 0 Å². The van der Waals surface area contributed by atoms with E-state index in [0.29, 0.717) is 0 Å². The highest BCUT2D eigenvalue weighted by molar-refractivity contribution is 7.92. The minimum Gasteiger partial charge on any atom is -0.458 e. The summed E-state index contributed by atoms with van der Waals surface area (Å²) in [6.07, 6.45) is -7.37. The molecule has 0 aliphatic carbocycles. The summed E-state index contributed by atoms with van der Waals surface area (Å²) < 4.78 is 72.3. The van der Waals surface area contributed by atoms with Crippen LogP contribution < -0.4 is 5.32 Å². The van der Waals surface area contributed by atoms with Gasteiger partial charge < -0.3 is 19.9 Å². The Hall–Kier alpha value is -2.34. The van der Waals surface area contributed by atoms with Crippen LogP contribution in [0.1, 0.15) is 59.9 Å². The third-order valence-corrected chi connectivity index (χ3v) is 6.39. The number of nitrogens with one attached hydrogen (secondary N) is 2. The second-order valence-electron chi connectivity index (χ2n) is 10.2. The average Bonchev–Trinajstić information content (AvgIpc) is 2.66. The minimum atomic E-state index is -5.07. The van der Waals surface area contributed by atoms with Crippen molar-refractivity contribution in [3.8, 4) is 0 Å². The van der Waals surface area contributed by atoms with Gasteiger partial charge in [-0.25, -0.2) is 13.8 Å². The van der Waals surface area contributed by atoms with E-state index < -0.39 is 74.3 Å². The number of aliphatic hydroxyl groups is 1. The molecule has 1 amide bonds. The quantitative estimate of drug-likeness (QED) is 0.409. The van der Waals surface area contributed by atoms with Crippen molar-refractivity contribution in [1.82, 2.24) is 5.32 Å². The van der Waals surface area contributed by atoms with E-state index in [0.717, 1.165) is 12.1 Å². The highest BCUT2D eigenvalue weighted by Crippen LogP contribution is 2.41. The molecule has 0 spiro atoms. The molecule has 0 heterocycles. The molecule has 35 heavy (non-hydrogen) atoms. The van der Waals surface area contributed by atoms with E-state index in [1.807, 2.05) is 0 Å². The molecule has 8 nitrogen and oxygen atoms in total. The SMILES string of the molecule is CC(C)(C)OC(=O)N[C@@H](CC[S@@](=N)(=O)CC[C@](O)(c1ccccc1)C(F)(F)F)C(=O)OC(C)(C)C. The first kappa shape index (κ1) is 30.7. The number of alkyl carbamates (subject to hydrolysis) is 1. The number of alkyl halides is 3. The second kappa shape index (κ2) is 11.2. The maximum absolute atomic E-state index is 13.7. The Morgan fingerprint density at radius 3 is 1.97 bits per heavy atom. The van der Waals surface area contributed by atoms with Crippen molar-refractivity contribution in [1.29, 1.82) is 4.78 Å². The van der Waals surface area contributed by atoms with E-state index in [1.165, 1.54) is 18.2 Å². The van der Waals surface area contributed by atoms with Crippen molar-refractivity contribution in [3.05, 3.63) is 35.9 Å². The van der Waals surface area contributed by atoms with Gasteiger partial charge in [0.25, 0.3) is 0 Å². The van der Waals surface area contributed by atoms with Gasteiger partial charge in [-0.05, 0) is 53.5 Å². The van der Waals surface area contributed by atoms with Gasteiger partial charge in [-0.2, -0.15) is 13.2 Å². The molecule has 1 rings (SSSR count). The van der Waals surface area contributed by atoms with Gasteiger partial charge in [0, 0.05) is 27.7 Å². The molecule has 0 fully saturated rings. The van der Waals surface area contributed by atoms with Gasteiger partial charge in [0.05, 0.1) is 0 Å². The van der Waals surface area contributed by atoms with Crippen molar-refractivity contribution in [2.24, 2.45) is 0 Å². The topological polar surface area (TPSA) is 126 Å². The Kier molecular flexibility index (Phi) is 9.78. The third-order valence-electron chi connectivity index (χ3n) is 4.63. The second-order valence-corrected chi connectivity index (χ2v) is 12.7. The predicted octanol–water partition coefficient (Wildman–Crippen LogP) is 4.50. The first-order chi connectivity index (χ1) is 15.7. The van der Waals surface area contributed by atoms with Crippen LogP contribution in [0, 0.1) is 4.78 Å². The van der Waals surface area contributed by atoms with Gasteiger partial charge in [0.1, 0.15) is 17.2 Å². The van der Waals surface area contributed by atoms with Gasteiger partial charge in [0.15, 0.2) is 5.60 Å². The van der Waals surface area contributed by atoms with E-state index in [4.69, 9.17) is 14.3 Å². The molecule has 0 saturated heterocycles. The predicted molar refractivity (Wildman–Crippen MR) is 125 cm³/mol. The molecule has 3 N–H and O–H groups in total. The molecule has 0 radical (unpaired) electrons. The summed E-state index contributed by atoms with van der Waals surface area (Å²) in [7, 11) is -3.69. The molecule has 1 aromatic rings. The Bertz CT molecular complexity index is 970. The lowest BCUT2D eigenvalue weighted by molar-refractivity contribution is -0.267. The summed E-state index contributed by atoms with van der Waals surface area (Å²) >= 11 is 0. The van der Waals surface area contributed by atoms with Crippen LogP contribution >= 0.6 is 0 Å². The summed E-state index contributed by atoms with van der Waals surface area (Å²) in [4.78, 5) is 24.7. The van der Waals surface area contributed by atoms with Crippen LogP contribution in [0.15, 0.2) is 30.3 Å². The van der Waals surface area contributed by atoms with Crippen molar-refractivity contribution in [2.45, 2.75) is 83.4 Å². The first-order valence-corrected chi connectivity index (χ1v) is 12.9. The Morgan fingerprint density at radius 1 is 1.00 bits per heavy atom. The number of benzene rings is 1. The fourth-order valence-electron chi connectivity index (χ4n) is 2.96. The number of rotatable bonds is 9. The highest BCUT2D eigenvalue weighted by Gasteiger charge is 2.54. The Labute approximate surface area is 204 Å². The van der Waals surface area contributed by atoms with E-state index in [1.54, 1.807) is 41.5 Å². The Morgan fingerprint density at radius 2 is 1.51 bits per heavy atom. The zero-order chi connectivity index (χ0) is 27.3. The van der Waals surface area contributed by atoms with Crippen molar-refractivity contribution < 1.29 is 41.5 Å². The zero-order valence-electron chi connectivity index (χ0n) is 20.8. The van der Waals surface area contributed by atoms with Gasteiger partial charge in [-0.15, -0.1) is 0 Å². The van der Waals surface area contributed by atoms with Crippen molar-refractivity contribution in [2.75, 3.05) is 11.5 Å². The smallest absolute Gasteiger partial charge is 0.421 e. The van der Waals surface area contributed by atoms with Crippen LogP contribution in [0.5, 0.6) is 0 Å². The first-order valence-electron chi connectivity index (χ1n) is 11.0. The molecule has 1 aromatic carbocycles. The monoisotopic (exact) mass is 524 g/mol. The molecular formula is C23H35F3N2O6S. The molecule has 0 saturated carbocycles. The maximum atomic E-state index is 13.7. The van der Waals surface area contributed by atoms with Crippen LogP contribution in [0.2, 0.25) is 0 Å². The highest BCUT2D eigenvalue weighted by atomic mass is 32.2. The summed E-state index contributed by atoms with van der Waals surface area (Å²) in [5.74, 6) is -2.17. The van der Waals surface area contributed by atoms with Crippen molar-refractivity contribution >= 4 is 21.8 Å². The number of carbonyl (C=O) groups excluding carboxylic acids is 2. The van der Waals surface area contributed by atoms with E-state index in [2.05, 4.69) is 5.32 Å². The number of esters is 1. The number of carbonyl (C=O) groups is 2. The lowest BCUT2D eigenvalue weighted by Crippen LogP contribution is -2.47. The van der Waals surface area contributed by atoms with E-state index >= 15 is 0 Å². The third kappa shape index (κ3) is 10.4. The number of hydrogen-bond acceptors (Lipinski definition) is 7. The zero-order valence-corrected chi connectivity index (χ0v) is 21.6. The van der Waals surface area contributed by atoms with Crippen LogP contribution in [-0.4, -0.2) is 56.3 Å². The lowest BCUT2D eigenvalue weighted by atomic mass is 9.90. The molecular weight excluding hydrogens is 489 g/mol. The molecule has 0 aliphatic rings. The average molecular weight is 525 g/mol. The van der Waals surface area contributed by atoms with E-state index in [-0.39, 0.29) is 6.42 Å². The number of hydrogen-bond donors (Lipinski definition) is 3. The summed E-state index contributed by atoms with van der Waals surface area (Å²) in [6.45, 7) is 9.64. The molecule has 12 heteroatoms. The molecule has 0 unspecified atom stereocenters.